The molecule has 10 nitrogen and oxygen atoms in total. The Kier molecular flexibility index (Phi) is 3.76. The molecule has 1 saturated carbocycles. The lowest BCUT2D eigenvalue weighted by molar-refractivity contribution is -0.304. The Balaban J connectivity index is 2.38. The van der Waals surface area contributed by atoms with E-state index in [1.807, 2.05) is 0 Å². The van der Waals surface area contributed by atoms with Gasteiger partial charge in [0.25, 0.3) is 0 Å². The molecule has 0 radical (unpaired) electrons. The molecule has 2 aliphatic carbocycles. The van der Waals surface area contributed by atoms with E-state index in [-0.39, 0.29) is 5.75 Å². The molecule has 6 unspecified atom stereocenters. The van der Waals surface area contributed by atoms with E-state index in [4.69, 9.17) is 4.74 Å². The molecule has 142 valence electrons. The van der Waals surface area contributed by atoms with Crippen LogP contribution in [0.3, 0.4) is 0 Å². The average Bonchev–Trinajstić information content (AvgIpc) is 2.60. The van der Waals surface area contributed by atoms with Crippen molar-refractivity contribution in [1.82, 2.24) is 0 Å². The van der Waals surface area contributed by atoms with Gasteiger partial charge in [0.05, 0.1) is 12.7 Å². The number of rotatable bonds is 1. The number of fused-ring (bicyclic) bond motifs is 2. The third-order valence-electron chi connectivity index (χ3n) is 5.35. The number of aliphatic hydroxyl groups is 6. The van der Waals surface area contributed by atoms with Crippen molar-refractivity contribution in [3.8, 4) is 11.5 Å². The molecule has 2 aliphatic rings. The summed E-state index contributed by atoms with van der Waals surface area (Å²) in [5.74, 6) is -3.78. The Morgan fingerprint density at radius 3 is 2.08 bits per heavy atom. The third-order valence-corrected chi connectivity index (χ3v) is 5.35. The van der Waals surface area contributed by atoms with E-state index in [1.165, 1.54) is 7.11 Å². The highest BCUT2D eigenvalue weighted by Gasteiger charge is 2.78. The Morgan fingerprint density at radius 1 is 0.962 bits per heavy atom. The third kappa shape index (κ3) is 1.80. The molecule has 0 aromatic heterocycles. The van der Waals surface area contributed by atoms with E-state index in [0.717, 1.165) is 19.1 Å². The molecular weight excluding hydrogens is 352 g/mol. The van der Waals surface area contributed by atoms with Gasteiger partial charge in [-0.3, -0.25) is 9.59 Å². The highest BCUT2D eigenvalue weighted by atomic mass is 16.5. The molecule has 26 heavy (non-hydrogen) atoms. The summed E-state index contributed by atoms with van der Waals surface area (Å²) in [6.07, 6.45) is -7.38. The number of carbonyl (C=O) groups is 2. The molecule has 0 amide bonds. The first kappa shape index (κ1) is 18.7. The van der Waals surface area contributed by atoms with Crippen LogP contribution in [0.2, 0.25) is 0 Å². The smallest absolute Gasteiger partial charge is 0.205 e. The van der Waals surface area contributed by atoms with Crippen molar-refractivity contribution in [2.24, 2.45) is 0 Å². The molecule has 0 saturated heterocycles. The number of Topliss-reactive ketones (excluding diaryl/α,β-unsaturated/α-hetero) is 2. The molecule has 1 aromatic rings. The van der Waals surface area contributed by atoms with Gasteiger partial charge >= 0.3 is 0 Å². The normalized spacial score (nSPS) is 42.2. The van der Waals surface area contributed by atoms with Crippen molar-refractivity contribution in [3.05, 3.63) is 23.3 Å². The van der Waals surface area contributed by atoms with E-state index in [2.05, 4.69) is 0 Å². The number of phenols is 1. The molecule has 0 aliphatic heterocycles. The van der Waals surface area contributed by atoms with Crippen LogP contribution in [0.4, 0.5) is 0 Å². The maximum atomic E-state index is 12.9. The second kappa shape index (κ2) is 5.22. The average molecular weight is 370 g/mol. The van der Waals surface area contributed by atoms with Gasteiger partial charge in [0.2, 0.25) is 11.6 Å². The zero-order valence-corrected chi connectivity index (χ0v) is 13.7. The van der Waals surface area contributed by atoms with Crippen molar-refractivity contribution >= 4 is 11.6 Å². The van der Waals surface area contributed by atoms with Crippen LogP contribution in [-0.4, -0.2) is 89.5 Å². The standard InChI is InChI=1S/C16H18O10/c1-14(23)11(20)12(21)15(24)10(19)8-6(3-5(26-2)4-7(8)17)9(18)16(15,25)13(14)22/h3-4,11-13,17,20-25H,1-2H3. The SMILES string of the molecule is COc1cc(O)c2c(c1)C(=O)C1(O)C(O)C(C)(O)C(O)C(O)C1(O)C2=O. The van der Waals surface area contributed by atoms with E-state index in [1.54, 1.807) is 0 Å². The fourth-order valence-electron chi connectivity index (χ4n) is 3.70. The topological polar surface area (TPSA) is 185 Å². The minimum Gasteiger partial charge on any atom is -0.507 e. The predicted octanol–water partition coefficient (Wildman–Crippen LogP) is -2.91. The molecular formula is C16H18O10. The molecule has 0 heterocycles. The summed E-state index contributed by atoms with van der Waals surface area (Å²) < 4.78 is 4.88. The van der Waals surface area contributed by atoms with Gasteiger partial charge in [0.1, 0.15) is 35.4 Å². The van der Waals surface area contributed by atoms with Gasteiger partial charge in [-0.25, -0.2) is 0 Å². The zero-order chi connectivity index (χ0) is 19.8. The van der Waals surface area contributed by atoms with Crippen molar-refractivity contribution in [2.75, 3.05) is 7.11 Å². The van der Waals surface area contributed by atoms with Crippen molar-refractivity contribution in [3.63, 3.8) is 0 Å². The molecule has 1 aromatic carbocycles. The summed E-state index contributed by atoms with van der Waals surface area (Å²) in [5.41, 5.74) is -10.8. The minimum atomic E-state index is -3.41. The van der Waals surface area contributed by atoms with Gasteiger partial charge in [-0.2, -0.15) is 0 Å². The number of phenolic OH excluding ortho intramolecular Hbond substituents is 1. The van der Waals surface area contributed by atoms with Crippen molar-refractivity contribution in [1.29, 1.82) is 0 Å². The first-order valence-corrected chi connectivity index (χ1v) is 7.58. The van der Waals surface area contributed by atoms with Crippen LogP contribution in [-0.2, 0) is 0 Å². The quantitative estimate of drug-likeness (QED) is 0.270. The fourth-order valence-corrected chi connectivity index (χ4v) is 3.70. The zero-order valence-electron chi connectivity index (χ0n) is 13.7. The first-order chi connectivity index (χ1) is 11.9. The van der Waals surface area contributed by atoms with Crippen LogP contribution in [0.1, 0.15) is 27.6 Å². The second-order valence-corrected chi connectivity index (χ2v) is 6.78. The lowest BCUT2D eigenvalue weighted by Gasteiger charge is -2.58. The lowest BCUT2D eigenvalue weighted by Crippen LogP contribution is -2.86. The van der Waals surface area contributed by atoms with Gasteiger partial charge in [-0.05, 0) is 13.0 Å². The van der Waals surface area contributed by atoms with E-state index < -0.39 is 63.6 Å². The Labute approximate surface area is 146 Å². The Hall–Kier alpha value is -2.08. The number of ether oxygens (including phenoxy) is 1. The highest BCUT2D eigenvalue weighted by molar-refractivity contribution is 6.24. The van der Waals surface area contributed by atoms with E-state index in [0.29, 0.717) is 0 Å². The van der Waals surface area contributed by atoms with Crippen molar-refractivity contribution < 1.29 is 50.1 Å². The summed E-state index contributed by atoms with van der Waals surface area (Å²) in [6.45, 7) is 0.819. The molecule has 3 rings (SSSR count). The summed E-state index contributed by atoms with van der Waals surface area (Å²) in [6, 6.07) is 1.96. The number of benzene rings is 1. The summed E-state index contributed by atoms with van der Waals surface area (Å²) >= 11 is 0. The van der Waals surface area contributed by atoms with Gasteiger partial charge in [0.15, 0.2) is 11.2 Å². The summed E-state index contributed by atoms with van der Waals surface area (Å²) in [4.78, 5) is 25.7. The van der Waals surface area contributed by atoms with Gasteiger partial charge in [-0.1, -0.05) is 0 Å². The van der Waals surface area contributed by atoms with E-state index in [9.17, 15) is 45.3 Å². The maximum Gasteiger partial charge on any atom is 0.205 e. The maximum absolute atomic E-state index is 12.9. The van der Waals surface area contributed by atoms with Crippen LogP contribution in [0.25, 0.3) is 0 Å². The predicted molar refractivity (Wildman–Crippen MR) is 81.9 cm³/mol. The minimum absolute atomic E-state index is 0.0610. The number of aliphatic hydroxyl groups excluding tert-OH is 3. The monoisotopic (exact) mass is 370 g/mol. The number of ketones is 2. The van der Waals surface area contributed by atoms with E-state index >= 15 is 0 Å². The number of methoxy groups -OCH3 is 1. The number of hydrogen-bond donors (Lipinski definition) is 7. The largest absolute Gasteiger partial charge is 0.507 e. The van der Waals surface area contributed by atoms with Gasteiger partial charge in [0, 0.05) is 11.6 Å². The van der Waals surface area contributed by atoms with Gasteiger partial charge < -0.3 is 40.5 Å². The van der Waals surface area contributed by atoms with Crippen LogP contribution >= 0.6 is 0 Å². The molecule has 7 N–H and O–H groups in total. The molecule has 1 fully saturated rings. The first-order valence-electron chi connectivity index (χ1n) is 7.58. The number of aromatic hydroxyl groups is 1. The van der Waals surface area contributed by atoms with Crippen LogP contribution < -0.4 is 4.74 Å². The molecule has 0 bridgehead atoms. The lowest BCUT2D eigenvalue weighted by atomic mass is 9.54. The van der Waals surface area contributed by atoms with Crippen molar-refractivity contribution in [2.45, 2.75) is 42.0 Å². The summed E-state index contributed by atoms with van der Waals surface area (Å²) in [5, 5.41) is 72.6. The van der Waals surface area contributed by atoms with Crippen LogP contribution in [0, 0.1) is 0 Å². The highest BCUT2D eigenvalue weighted by Crippen LogP contribution is 2.51. The van der Waals surface area contributed by atoms with Crippen LogP contribution in [0.5, 0.6) is 11.5 Å². The fraction of sp³-hybridized carbons (Fsp3) is 0.500. The van der Waals surface area contributed by atoms with Crippen LogP contribution in [0.15, 0.2) is 12.1 Å². The second-order valence-electron chi connectivity index (χ2n) is 6.78. The molecule has 6 atom stereocenters. The summed E-state index contributed by atoms with van der Waals surface area (Å²) in [7, 11) is 1.21. The molecule has 10 heteroatoms. The molecule has 0 spiro atoms. The number of hydrogen-bond acceptors (Lipinski definition) is 10. The number of carbonyl (C=O) groups excluding carboxylic acids is 2. The Morgan fingerprint density at radius 2 is 1.54 bits per heavy atom. The Bertz CT molecular complexity index is 817. The van der Waals surface area contributed by atoms with Gasteiger partial charge in [-0.15, -0.1) is 0 Å².